The average molecular weight is 439 g/mol. The maximum Gasteiger partial charge on any atom is 0.261 e. The van der Waals surface area contributed by atoms with Crippen molar-refractivity contribution in [3.63, 3.8) is 0 Å². The van der Waals surface area contributed by atoms with Crippen molar-refractivity contribution >= 4 is 32.3 Å². The Morgan fingerprint density at radius 3 is 1.59 bits per heavy atom. The van der Waals surface area contributed by atoms with Gasteiger partial charge in [0.05, 0.1) is 41.9 Å². The van der Waals surface area contributed by atoms with E-state index >= 15 is 0 Å². The van der Waals surface area contributed by atoms with Crippen LogP contribution in [-0.2, 0) is 13.1 Å². The first kappa shape index (κ1) is 22.1. The summed E-state index contributed by atoms with van der Waals surface area (Å²) >= 11 is 0. The van der Waals surface area contributed by atoms with E-state index in [1.807, 2.05) is 19.1 Å². The predicted octanol–water partition coefficient (Wildman–Crippen LogP) is 3.43. The van der Waals surface area contributed by atoms with Gasteiger partial charge in [-0.05, 0) is 30.7 Å². The zero-order valence-electron chi connectivity index (χ0n) is 19.8. The number of rotatable bonds is 8. The molecule has 0 aliphatic carbocycles. The molecule has 32 heavy (non-hydrogen) atoms. The van der Waals surface area contributed by atoms with Crippen LogP contribution >= 0.6 is 0 Å². The minimum atomic E-state index is -0.100. The Hall–Kier alpha value is -3.06. The van der Waals surface area contributed by atoms with Crippen molar-refractivity contribution in [1.29, 1.82) is 0 Å². The molecule has 7 heteroatoms. The molecule has 0 amide bonds. The molecule has 4 aromatic rings. The number of nitrogens with zero attached hydrogens (tertiary/aromatic N) is 3. The lowest BCUT2D eigenvalue weighted by molar-refractivity contribution is -0.870. The molecule has 4 rings (SSSR count). The number of benzene rings is 2. The van der Waals surface area contributed by atoms with E-state index in [4.69, 9.17) is 9.47 Å². The first-order chi connectivity index (χ1) is 15.2. The molecule has 2 aromatic heterocycles. The van der Waals surface area contributed by atoms with Gasteiger partial charge in [-0.25, -0.2) is 0 Å². The lowest BCUT2D eigenvalue weighted by atomic mass is 9.96. The number of methoxy groups -OCH3 is 2. The zero-order chi connectivity index (χ0) is 23.2. The van der Waals surface area contributed by atoms with Gasteiger partial charge in [-0.2, -0.15) is 0 Å². The van der Waals surface area contributed by atoms with Gasteiger partial charge < -0.3 is 14.0 Å². The van der Waals surface area contributed by atoms with Gasteiger partial charge in [0.25, 0.3) is 11.1 Å². The van der Waals surface area contributed by atoms with Gasteiger partial charge in [-0.15, -0.1) is 0 Å². The third kappa shape index (κ3) is 3.41. The minimum Gasteiger partial charge on any atom is -0.482 e. The fourth-order valence-electron chi connectivity index (χ4n) is 4.75. The number of pyridine rings is 2. The van der Waals surface area contributed by atoms with E-state index in [9.17, 15) is 9.59 Å². The van der Waals surface area contributed by atoms with Crippen molar-refractivity contribution in [3.8, 4) is 11.8 Å². The van der Waals surface area contributed by atoms with Crippen LogP contribution in [0.2, 0.25) is 0 Å². The summed E-state index contributed by atoms with van der Waals surface area (Å²) < 4.78 is 15.7. The molecule has 0 atom stereocenters. The van der Waals surface area contributed by atoms with E-state index in [2.05, 4.69) is 21.1 Å². The van der Waals surface area contributed by atoms with Crippen LogP contribution in [0.1, 0.15) is 19.8 Å². The molecule has 0 radical (unpaired) electrons. The maximum atomic E-state index is 13.5. The van der Waals surface area contributed by atoms with Crippen LogP contribution < -0.4 is 20.6 Å². The van der Waals surface area contributed by atoms with E-state index in [0.29, 0.717) is 35.6 Å². The normalized spacial score (nSPS) is 12.3. The third-order valence-electron chi connectivity index (χ3n) is 6.11. The van der Waals surface area contributed by atoms with Crippen LogP contribution in [0.3, 0.4) is 0 Å². The zero-order valence-corrected chi connectivity index (χ0v) is 19.8. The van der Waals surface area contributed by atoms with Crippen LogP contribution in [0.5, 0.6) is 11.8 Å². The van der Waals surface area contributed by atoms with Crippen molar-refractivity contribution < 1.29 is 14.0 Å². The summed E-state index contributed by atoms with van der Waals surface area (Å²) in [6, 6.07) is 7.51. The quantitative estimate of drug-likeness (QED) is 0.312. The number of aromatic nitrogens is 2. The number of quaternary nitrogens is 1. The van der Waals surface area contributed by atoms with Gasteiger partial charge in [0.2, 0.25) is 11.8 Å². The van der Waals surface area contributed by atoms with Crippen LogP contribution in [0.4, 0.5) is 0 Å². The van der Waals surface area contributed by atoms with Crippen molar-refractivity contribution in [2.24, 2.45) is 0 Å². The summed E-state index contributed by atoms with van der Waals surface area (Å²) in [4.78, 5) is 26.9. The van der Waals surface area contributed by atoms with E-state index in [-0.39, 0.29) is 11.1 Å². The summed E-state index contributed by atoms with van der Waals surface area (Å²) in [5.41, 5.74) is -0.196. The van der Waals surface area contributed by atoms with E-state index < -0.39 is 0 Å². The summed E-state index contributed by atoms with van der Waals surface area (Å²) in [6.07, 6.45) is 1.67. The smallest absolute Gasteiger partial charge is 0.261 e. The standard InChI is InChI=1S/C25H32N3O4/c1-7-13-26-22(29)16-9-10-17-21-19(12-11-18(20(16)21)24(26)31-5)25(32-6)27(23(17)30)14-8-15-28(2,3)4/h9-12H,7-8,13-15H2,1-6H3/q+1. The van der Waals surface area contributed by atoms with E-state index in [0.717, 1.165) is 45.4 Å². The lowest BCUT2D eigenvalue weighted by Crippen LogP contribution is -2.36. The molecule has 0 aliphatic heterocycles. The van der Waals surface area contributed by atoms with Gasteiger partial charge in [-0.3, -0.25) is 18.7 Å². The Labute approximate surface area is 187 Å². The lowest BCUT2D eigenvalue weighted by Gasteiger charge is -2.24. The molecule has 0 fully saturated rings. The highest BCUT2D eigenvalue weighted by molar-refractivity contribution is 6.24. The van der Waals surface area contributed by atoms with Gasteiger partial charge in [-0.1, -0.05) is 6.92 Å². The molecule has 0 bridgehead atoms. The Morgan fingerprint density at radius 2 is 1.19 bits per heavy atom. The number of hydrogen-bond acceptors (Lipinski definition) is 4. The molecule has 0 saturated heterocycles. The van der Waals surface area contributed by atoms with Crippen molar-refractivity contribution in [1.82, 2.24) is 9.13 Å². The van der Waals surface area contributed by atoms with Crippen LogP contribution in [0.25, 0.3) is 32.3 Å². The second-order valence-electron chi connectivity index (χ2n) is 9.37. The summed E-state index contributed by atoms with van der Waals surface area (Å²) in [7, 11) is 9.59. The first-order valence-electron chi connectivity index (χ1n) is 11.1. The molecule has 0 spiro atoms. The monoisotopic (exact) mass is 438 g/mol. The van der Waals surface area contributed by atoms with Gasteiger partial charge in [0.15, 0.2) is 0 Å². The van der Waals surface area contributed by atoms with Gasteiger partial charge in [0.1, 0.15) is 0 Å². The molecular weight excluding hydrogens is 406 g/mol. The first-order valence-corrected chi connectivity index (χ1v) is 11.1. The van der Waals surface area contributed by atoms with Crippen LogP contribution in [0, 0.1) is 0 Å². The van der Waals surface area contributed by atoms with E-state index in [1.165, 1.54) is 0 Å². The molecule has 0 unspecified atom stereocenters. The van der Waals surface area contributed by atoms with Crippen molar-refractivity contribution in [2.75, 3.05) is 41.9 Å². The minimum absolute atomic E-state index is 0.0955. The van der Waals surface area contributed by atoms with Crippen LogP contribution in [-0.4, -0.2) is 55.5 Å². The molecule has 170 valence electrons. The fraction of sp³-hybridized carbons (Fsp3) is 0.440. The number of ether oxygens (including phenoxy) is 2. The molecule has 0 N–H and O–H groups in total. The Kier molecular flexibility index (Phi) is 5.63. The second kappa shape index (κ2) is 8.13. The summed E-state index contributed by atoms with van der Waals surface area (Å²) in [5, 5.41) is 4.39. The van der Waals surface area contributed by atoms with E-state index in [1.54, 1.807) is 35.5 Å². The molecule has 0 saturated carbocycles. The Balaban J connectivity index is 2.07. The predicted molar refractivity (Wildman–Crippen MR) is 130 cm³/mol. The van der Waals surface area contributed by atoms with Gasteiger partial charge in [0, 0.05) is 51.8 Å². The molecule has 2 heterocycles. The highest BCUT2D eigenvalue weighted by atomic mass is 16.5. The summed E-state index contributed by atoms with van der Waals surface area (Å²) in [6.45, 7) is 4.11. The molecule has 2 aromatic carbocycles. The Bertz CT molecular complexity index is 1410. The van der Waals surface area contributed by atoms with Gasteiger partial charge >= 0.3 is 0 Å². The molecule has 7 nitrogen and oxygen atoms in total. The SMILES string of the molecule is CCCn1c(OC)c2ccc3c(OC)n(CCC[N+](C)(C)C)c(=O)c4ccc(c1=O)c2c34. The third-order valence-corrected chi connectivity index (χ3v) is 6.11. The molecule has 0 aliphatic rings. The van der Waals surface area contributed by atoms with Crippen LogP contribution in [0.15, 0.2) is 33.9 Å². The summed E-state index contributed by atoms with van der Waals surface area (Å²) in [5.74, 6) is 1.07. The highest BCUT2D eigenvalue weighted by Gasteiger charge is 2.23. The van der Waals surface area contributed by atoms with Crippen molar-refractivity contribution in [2.45, 2.75) is 32.9 Å². The topological polar surface area (TPSA) is 62.5 Å². The molecular formula is C25H32N3O4+. The average Bonchev–Trinajstić information content (AvgIpc) is 2.75. The number of hydrogen-bond donors (Lipinski definition) is 0. The largest absolute Gasteiger partial charge is 0.482 e. The maximum absolute atomic E-state index is 13.5. The Morgan fingerprint density at radius 1 is 0.750 bits per heavy atom. The van der Waals surface area contributed by atoms with Crippen molar-refractivity contribution in [3.05, 3.63) is 45.0 Å². The highest BCUT2D eigenvalue weighted by Crippen LogP contribution is 2.39. The second-order valence-corrected chi connectivity index (χ2v) is 9.37. The fourth-order valence-corrected chi connectivity index (χ4v) is 4.75.